The van der Waals surface area contributed by atoms with Crippen molar-refractivity contribution in [3.8, 4) is 0 Å². The van der Waals surface area contributed by atoms with E-state index in [-0.39, 0.29) is 0 Å². The van der Waals surface area contributed by atoms with Crippen molar-refractivity contribution in [2.24, 2.45) is 0 Å². The van der Waals surface area contributed by atoms with Crippen molar-refractivity contribution in [2.75, 3.05) is 7.05 Å². The van der Waals surface area contributed by atoms with E-state index in [2.05, 4.69) is 0 Å². The van der Waals surface area contributed by atoms with Crippen LogP contribution in [0.4, 0.5) is 0 Å². The molecule has 0 saturated carbocycles. The first-order chi connectivity index (χ1) is 9.50. The van der Waals surface area contributed by atoms with Crippen molar-refractivity contribution in [3.05, 3.63) is 71.9 Å². The van der Waals surface area contributed by atoms with Crippen LogP contribution in [0.25, 0.3) is 6.08 Å². The van der Waals surface area contributed by atoms with Gasteiger partial charge in [0.25, 0.3) is 10.0 Å². The van der Waals surface area contributed by atoms with E-state index in [1.807, 2.05) is 37.3 Å². The van der Waals surface area contributed by atoms with Gasteiger partial charge >= 0.3 is 0 Å². The van der Waals surface area contributed by atoms with Gasteiger partial charge in [-0.15, -0.1) is 0 Å². The molecule has 0 radical (unpaired) electrons. The summed E-state index contributed by atoms with van der Waals surface area (Å²) in [4.78, 5) is 0.295. The van der Waals surface area contributed by atoms with Gasteiger partial charge in [-0.3, -0.25) is 4.31 Å². The van der Waals surface area contributed by atoms with Crippen molar-refractivity contribution in [3.63, 3.8) is 0 Å². The second kappa shape index (κ2) is 5.92. The average Bonchev–Trinajstić information content (AvgIpc) is 2.46. The fourth-order valence-corrected chi connectivity index (χ4v) is 2.75. The van der Waals surface area contributed by atoms with Crippen LogP contribution in [0.3, 0.4) is 0 Å². The Bertz CT molecular complexity index is 689. The molecule has 2 aromatic carbocycles. The molecule has 0 aliphatic heterocycles. The van der Waals surface area contributed by atoms with Crippen LogP contribution in [0, 0.1) is 6.92 Å². The van der Waals surface area contributed by atoms with E-state index in [1.165, 1.54) is 11.4 Å². The first kappa shape index (κ1) is 14.3. The van der Waals surface area contributed by atoms with Gasteiger partial charge in [0.15, 0.2) is 0 Å². The van der Waals surface area contributed by atoms with Crippen LogP contribution < -0.4 is 0 Å². The smallest absolute Gasteiger partial charge is 0.263 e. The summed E-state index contributed by atoms with van der Waals surface area (Å²) in [5, 5.41) is 0. The van der Waals surface area contributed by atoms with E-state index >= 15 is 0 Å². The van der Waals surface area contributed by atoms with Crippen LogP contribution >= 0.6 is 0 Å². The first-order valence-electron chi connectivity index (χ1n) is 6.28. The zero-order valence-corrected chi connectivity index (χ0v) is 12.3. The minimum Gasteiger partial charge on any atom is -0.276 e. The first-order valence-corrected chi connectivity index (χ1v) is 7.72. The Morgan fingerprint density at radius 3 is 2.15 bits per heavy atom. The van der Waals surface area contributed by atoms with Crippen LogP contribution in [0.15, 0.2) is 65.7 Å². The van der Waals surface area contributed by atoms with Crippen LogP contribution in [0.1, 0.15) is 11.1 Å². The number of rotatable bonds is 4. The molecule has 0 aromatic heterocycles. The highest BCUT2D eigenvalue weighted by Crippen LogP contribution is 2.16. The molecule has 0 saturated heterocycles. The lowest BCUT2D eigenvalue weighted by atomic mass is 10.2. The van der Waals surface area contributed by atoms with Crippen molar-refractivity contribution in [1.82, 2.24) is 4.31 Å². The zero-order chi connectivity index (χ0) is 14.6. The minimum absolute atomic E-state index is 0.295. The molecule has 4 heteroatoms. The van der Waals surface area contributed by atoms with E-state index < -0.39 is 10.0 Å². The third-order valence-electron chi connectivity index (χ3n) is 2.97. The number of nitrogens with zero attached hydrogens (tertiary/aromatic N) is 1. The molecule has 0 amide bonds. The maximum absolute atomic E-state index is 12.3. The molecule has 0 spiro atoms. The second-order valence-corrected chi connectivity index (χ2v) is 6.56. The number of sulfonamides is 1. The van der Waals surface area contributed by atoms with Crippen molar-refractivity contribution in [2.45, 2.75) is 11.8 Å². The summed E-state index contributed by atoms with van der Waals surface area (Å²) in [6.45, 7) is 1.93. The van der Waals surface area contributed by atoms with Crippen LogP contribution in [0.5, 0.6) is 0 Å². The van der Waals surface area contributed by atoms with Gasteiger partial charge in [0, 0.05) is 13.2 Å². The molecule has 0 bridgehead atoms. The molecule has 0 N–H and O–H groups in total. The summed E-state index contributed by atoms with van der Waals surface area (Å²) in [5.74, 6) is 0. The van der Waals surface area contributed by atoms with E-state index in [0.717, 1.165) is 11.1 Å². The summed E-state index contributed by atoms with van der Waals surface area (Å²) in [6.07, 6.45) is 3.33. The largest absolute Gasteiger partial charge is 0.276 e. The zero-order valence-electron chi connectivity index (χ0n) is 11.5. The highest BCUT2D eigenvalue weighted by atomic mass is 32.2. The maximum Gasteiger partial charge on any atom is 0.263 e. The molecule has 0 aliphatic carbocycles. The predicted octanol–water partition coefficient (Wildman–Crippen LogP) is 3.29. The Hall–Kier alpha value is -2.07. The Morgan fingerprint density at radius 2 is 1.55 bits per heavy atom. The van der Waals surface area contributed by atoms with Crippen molar-refractivity contribution in [1.29, 1.82) is 0 Å². The molecule has 0 heterocycles. The summed E-state index contributed by atoms with van der Waals surface area (Å²) >= 11 is 0. The summed E-state index contributed by atoms with van der Waals surface area (Å²) < 4.78 is 25.9. The van der Waals surface area contributed by atoms with Crippen LogP contribution in [-0.2, 0) is 10.0 Å². The average molecular weight is 287 g/mol. The molecule has 3 nitrogen and oxygen atoms in total. The van der Waals surface area contributed by atoms with Gasteiger partial charge in [0.2, 0.25) is 0 Å². The molecule has 2 rings (SSSR count). The van der Waals surface area contributed by atoms with Crippen LogP contribution in [-0.4, -0.2) is 19.8 Å². The van der Waals surface area contributed by atoms with Gasteiger partial charge in [-0.2, -0.15) is 0 Å². The number of hydrogen-bond donors (Lipinski definition) is 0. The molecule has 2 aromatic rings. The Balaban J connectivity index is 2.21. The molecule has 0 fully saturated rings. The standard InChI is InChI=1S/C16H17NO2S/c1-14-8-10-16(11-9-14)20(18,19)17(2)13-12-15-6-4-3-5-7-15/h3-13H,1-2H3/b13-12+. The topological polar surface area (TPSA) is 37.4 Å². The Kier molecular flexibility index (Phi) is 4.25. The van der Waals surface area contributed by atoms with E-state index in [1.54, 1.807) is 36.5 Å². The SMILES string of the molecule is Cc1ccc(S(=O)(=O)N(C)/C=C/c2ccccc2)cc1. The highest BCUT2D eigenvalue weighted by Gasteiger charge is 2.17. The molecule has 0 aliphatic rings. The van der Waals surface area contributed by atoms with Crippen LogP contribution in [0.2, 0.25) is 0 Å². The molecule has 0 unspecified atom stereocenters. The fourth-order valence-electron chi connectivity index (χ4n) is 1.71. The number of hydrogen-bond acceptors (Lipinski definition) is 2. The van der Waals surface area contributed by atoms with E-state index in [0.29, 0.717) is 4.90 Å². The number of benzene rings is 2. The predicted molar refractivity (Wildman–Crippen MR) is 81.6 cm³/mol. The molecule has 0 atom stereocenters. The third kappa shape index (κ3) is 3.27. The van der Waals surface area contributed by atoms with Gasteiger partial charge in [0.1, 0.15) is 0 Å². The third-order valence-corrected chi connectivity index (χ3v) is 4.72. The maximum atomic E-state index is 12.3. The second-order valence-electron chi connectivity index (χ2n) is 4.56. The minimum atomic E-state index is -3.48. The summed E-state index contributed by atoms with van der Waals surface area (Å²) in [5.41, 5.74) is 1.99. The van der Waals surface area contributed by atoms with Gasteiger partial charge in [-0.1, -0.05) is 48.0 Å². The summed E-state index contributed by atoms with van der Waals surface area (Å²) in [6, 6.07) is 16.4. The lowest BCUT2D eigenvalue weighted by Crippen LogP contribution is -2.21. The monoisotopic (exact) mass is 287 g/mol. The lowest BCUT2D eigenvalue weighted by molar-refractivity contribution is 0.540. The van der Waals surface area contributed by atoms with Gasteiger partial charge in [0.05, 0.1) is 4.90 Å². The fraction of sp³-hybridized carbons (Fsp3) is 0.125. The Labute approximate surface area is 120 Å². The molecular formula is C16H17NO2S. The summed E-state index contributed by atoms with van der Waals surface area (Å²) in [7, 11) is -1.94. The van der Waals surface area contributed by atoms with E-state index in [9.17, 15) is 8.42 Å². The van der Waals surface area contributed by atoms with Crippen molar-refractivity contribution < 1.29 is 8.42 Å². The molecular weight excluding hydrogens is 270 g/mol. The quantitative estimate of drug-likeness (QED) is 0.865. The van der Waals surface area contributed by atoms with Crippen molar-refractivity contribution >= 4 is 16.1 Å². The Morgan fingerprint density at radius 1 is 0.950 bits per heavy atom. The normalized spacial score (nSPS) is 11.7. The van der Waals surface area contributed by atoms with E-state index in [4.69, 9.17) is 0 Å². The molecule has 20 heavy (non-hydrogen) atoms. The number of aryl methyl sites for hydroxylation is 1. The van der Waals surface area contributed by atoms with Gasteiger partial charge in [-0.05, 0) is 30.7 Å². The lowest BCUT2D eigenvalue weighted by Gasteiger charge is -2.15. The van der Waals surface area contributed by atoms with Gasteiger partial charge < -0.3 is 0 Å². The highest BCUT2D eigenvalue weighted by molar-refractivity contribution is 7.89. The molecule has 104 valence electrons. The van der Waals surface area contributed by atoms with Gasteiger partial charge in [-0.25, -0.2) is 8.42 Å².